The number of hydrogen-bond donors (Lipinski definition) is 4. The van der Waals surface area contributed by atoms with Gasteiger partial charge < -0.3 is 25.2 Å². The summed E-state index contributed by atoms with van der Waals surface area (Å²) in [6.45, 7) is 0.313. The van der Waals surface area contributed by atoms with Gasteiger partial charge in [0.05, 0.1) is 32.0 Å². The Morgan fingerprint density at radius 2 is 1.89 bits per heavy atom. The van der Waals surface area contributed by atoms with Gasteiger partial charge in [-0.2, -0.15) is 0 Å². The maximum absolute atomic E-state index is 10.2. The van der Waals surface area contributed by atoms with E-state index in [4.69, 9.17) is 4.74 Å². The molecule has 2 atom stereocenters. The Bertz CT molecular complexity index is 800. The van der Waals surface area contributed by atoms with Crippen LogP contribution in [0.1, 0.15) is 30.1 Å². The topological polar surface area (TPSA) is 90.2 Å². The molecule has 5 nitrogen and oxygen atoms in total. The number of phenolic OH excluding ortho intramolecular Hbond substituents is 1. The van der Waals surface area contributed by atoms with Crippen LogP contribution in [0, 0.1) is 0 Å². The van der Waals surface area contributed by atoms with E-state index < -0.39 is 12.2 Å². The zero-order chi connectivity index (χ0) is 20.4. The van der Waals surface area contributed by atoms with Crippen molar-refractivity contribution in [2.75, 3.05) is 13.2 Å². The largest absolute Gasteiger partial charge is 0.508 e. The summed E-state index contributed by atoms with van der Waals surface area (Å²) in [6.07, 6.45) is 0.372. The molecule has 0 amide bonds. The first-order valence-electron chi connectivity index (χ1n) is 8.99. The zero-order valence-corrected chi connectivity index (χ0v) is 17.0. The van der Waals surface area contributed by atoms with E-state index in [1.165, 1.54) is 6.07 Å². The summed E-state index contributed by atoms with van der Waals surface area (Å²) in [5, 5.41) is 39.6. The van der Waals surface area contributed by atoms with Gasteiger partial charge in [-0.15, -0.1) is 5.73 Å². The summed E-state index contributed by atoms with van der Waals surface area (Å²) >= 11 is 3.30. The quantitative estimate of drug-likeness (QED) is 0.416. The number of aromatic hydroxyl groups is 1. The molecule has 150 valence electrons. The van der Waals surface area contributed by atoms with Crippen LogP contribution in [0.15, 0.2) is 70.4 Å². The predicted octanol–water partition coefficient (Wildman–Crippen LogP) is 3.62. The molecule has 2 aromatic carbocycles. The van der Waals surface area contributed by atoms with Gasteiger partial charge in [0.1, 0.15) is 5.75 Å². The lowest BCUT2D eigenvalue weighted by Gasteiger charge is -2.12. The van der Waals surface area contributed by atoms with Crippen LogP contribution in [-0.2, 0) is 11.3 Å². The van der Waals surface area contributed by atoms with E-state index in [1.54, 1.807) is 18.2 Å². The second-order valence-electron chi connectivity index (χ2n) is 6.42. The molecule has 0 aromatic heterocycles. The molecule has 28 heavy (non-hydrogen) atoms. The Morgan fingerprint density at radius 1 is 1.14 bits per heavy atom. The molecule has 0 bridgehead atoms. The minimum absolute atomic E-state index is 0.0152. The number of aliphatic hydroxyl groups excluding tert-OH is 3. The number of hydrogen-bond acceptors (Lipinski definition) is 5. The third kappa shape index (κ3) is 7.60. The van der Waals surface area contributed by atoms with Gasteiger partial charge in [0.25, 0.3) is 0 Å². The van der Waals surface area contributed by atoms with Gasteiger partial charge in [-0.1, -0.05) is 46.3 Å². The first-order chi connectivity index (χ1) is 13.5. The molecule has 0 spiro atoms. The van der Waals surface area contributed by atoms with E-state index in [0.717, 1.165) is 10.0 Å². The van der Waals surface area contributed by atoms with Crippen molar-refractivity contribution in [1.29, 1.82) is 0 Å². The van der Waals surface area contributed by atoms with Crippen LogP contribution >= 0.6 is 15.9 Å². The summed E-state index contributed by atoms with van der Waals surface area (Å²) in [5.41, 5.74) is 4.87. The normalized spacial score (nSPS) is 12.9. The van der Waals surface area contributed by atoms with Crippen molar-refractivity contribution in [3.63, 3.8) is 0 Å². The van der Waals surface area contributed by atoms with Crippen LogP contribution in [0.5, 0.6) is 5.75 Å². The summed E-state index contributed by atoms with van der Waals surface area (Å²) in [4.78, 5) is 0. The maximum Gasteiger partial charge on any atom is 0.121 e. The Labute approximate surface area is 173 Å². The van der Waals surface area contributed by atoms with Gasteiger partial charge >= 0.3 is 0 Å². The van der Waals surface area contributed by atoms with E-state index in [9.17, 15) is 20.4 Å². The van der Waals surface area contributed by atoms with E-state index >= 15 is 0 Å². The Morgan fingerprint density at radius 3 is 2.61 bits per heavy atom. The third-order valence-electron chi connectivity index (χ3n) is 4.09. The molecule has 0 saturated heterocycles. The third-order valence-corrected chi connectivity index (χ3v) is 4.58. The molecule has 0 aliphatic rings. The highest BCUT2D eigenvalue weighted by Gasteiger charge is 2.12. The molecule has 0 radical (unpaired) electrons. The fourth-order valence-electron chi connectivity index (χ4n) is 2.63. The van der Waals surface area contributed by atoms with Crippen molar-refractivity contribution in [3.05, 3.63) is 81.5 Å². The van der Waals surface area contributed by atoms with Crippen LogP contribution in [-0.4, -0.2) is 39.7 Å². The Balaban J connectivity index is 1.85. The average Bonchev–Trinajstić information content (AvgIpc) is 2.69. The van der Waals surface area contributed by atoms with Gasteiger partial charge in [-0.3, -0.25) is 0 Å². The molecular formula is C22H25BrO5. The molecule has 2 rings (SSSR count). The fraction of sp³-hybridized carbons (Fsp3) is 0.318. The molecular weight excluding hydrogens is 424 g/mol. The van der Waals surface area contributed by atoms with Gasteiger partial charge in [0.15, 0.2) is 0 Å². The maximum atomic E-state index is 10.2. The Kier molecular flexibility index (Phi) is 9.44. The number of rotatable bonds is 10. The molecule has 0 saturated carbocycles. The number of halogens is 1. The summed E-state index contributed by atoms with van der Waals surface area (Å²) in [7, 11) is 0. The number of ether oxygens (including phenoxy) is 1. The lowest BCUT2D eigenvalue weighted by atomic mass is 10.0. The van der Waals surface area contributed by atoms with E-state index in [2.05, 4.69) is 21.7 Å². The standard InChI is InChI=1S/C22H25BrO5/c23-18-9-10-22(27)20(12-18)21(26)8-4-7-17(13-24)11-19(25)15-28-14-16-5-2-1-3-6-16/h1-6,9-10,12,19,21,24-27H,8,11,13-15H2/t7?,19-,21-/m1/s1. The molecule has 0 heterocycles. The first kappa shape index (κ1) is 22.4. The SMILES string of the molecule is OCC(=C=CC[C@@H](O)c1cc(Br)ccc1O)C[C@@H](O)COCc1ccccc1. The fourth-order valence-corrected chi connectivity index (χ4v) is 3.01. The van der Waals surface area contributed by atoms with Crippen molar-refractivity contribution < 1.29 is 25.2 Å². The second kappa shape index (κ2) is 11.8. The van der Waals surface area contributed by atoms with Crippen molar-refractivity contribution in [2.45, 2.75) is 31.7 Å². The van der Waals surface area contributed by atoms with Crippen LogP contribution in [0.25, 0.3) is 0 Å². The van der Waals surface area contributed by atoms with Crippen LogP contribution in [0.4, 0.5) is 0 Å². The van der Waals surface area contributed by atoms with Crippen molar-refractivity contribution in [3.8, 4) is 5.75 Å². The van der Waals surface area contributed by atoms with Crippen molar-refractivity contribution >= 4 is 15.9 Å². The van der Waals surface area contributed by atoms with E-state index in [-0.39, 0.29) is 31.8 Å². The molecule has 0 fully saturated rings. The van der Waals surface area contributed by atoms with E-state index in [0.29, 0.717) is 17.7 Å². The number of benzene rings is 2. The van der Waals surface area contributed by atoms with Gasteiger partial charge in [0, 0.05) is 22.9 Å². The first-order valence-corrected chi connectivity index (χ1v) is 9.79. The molecule has 4 N–H and O–H groups in total. The minimum atomic E-state index is -0.899. The Hall–Kier alpha value is -1.92. The van der Waals surface area contributed by atoms with E-state index in [1.807, 2.05) is 30.3 Å². The second-order valence-corrected chi connectivity index (χ2v) is 7.34. The average molecular weight is 449 g/mol. The summed E-state index contributed by atoms with van der Waals surface area (Å²) in [6, 6.07) is 14.5. The monoisotopic (exact) mass is 448 g/mol. The molecule has 2 aromatic rings. The summed E-state index contributed by atoms with van der Waals surface area (Å²) in [5.74, 6) is 0.0152. The molecule has 0 unspecified atom stereocenters. The van der Waals surface area contributed by atoms with Gasteiger partial charge in [0.2, 0.25) is 0 Å². The summed E-state index contributed by atoms with van der Waals surface area (Å²) < 4.78 is 6.25. The van der Waals surface area contributed by atoms with Gasteiger partial charge in [-0.05, 0) is 35.4 Å². The minimum Gasteiger partial charge on any atom is -0.508 e. The number of aliphatic hydroxyl groups is 3. The highest BCUT2D eigenvalue weighted by molar-refractivity contribution is 9.10. The molecule has 0 aliphatic heterocycles. The molecule has 0 aliphatic carbocycles. The molecule has 6 heteroatoms. The van der Waals surface area contributed by atoms with Crippen molar-refractivity contribution in [1.82, 2.24) is 0 Å². The van der Waals surface area contributed by atoms with Gasteiger partial charge in [-0.25, -0.2) is 0 Å². The lowest BCUT2D eigenvalue weighted by molar-refractivity contribution is 0.0278. The number of phenols is 1. The highest BCUT2D eigenvalue weighted by atomic mass is 79.9. The predicted molar refractivity (Wildman–Crippen MR) is 111 cm³/mol. The zero-order valence-electron chi connectivity index (χ0n) is 15.5. The highest BCUT2D eigenvalue weighted by Crippen LogP contribution is 2.29. The van der Waals surface area contributed by atoms with Crippen LogP contribution in [0.3, 0.4) is 0 Å². The van der Waals surface area contributed by atoms with Crippen LogP contribution in [0.2, 0.25) is 0 Å². The van der Waals surface area contributed by atoms with Crippen LogP contribution < -0.4 is 0 Å². The van der Waals surface area contributed by atoms with Crippen molar-refractivity contribution in [2.24, 2.45) is 0 Å². The smallest absolute Gasteiger partial charge is 0.121 e. The lowest BCUT2D eigenvalue weighted by Crippen LogP contribution is -2.16.